The van der Waals surface area contributed by atoms with Crippen LogP contribution in [0.3, 0.4) is 0 Å². The van der Waals surface area contributed by atoms with E-state index in [0.717, 1.165) is 27.8 Å². The van der Waals surface area contributed by atoms with E-state index in [1.165, 1.54) is 5.01 Å². The van der Waals surface area contributed by atoms with Gasteiger partial charge in [0, 0.05) is 10.1 Å². The van der Waals surface area contributed by atoms with E-state index in [1.807, 2.05) is 50.5 Å². The van der Waals surface area contributed by atoms with Crippen LogP contribution in [0.1, 0.15) is 12.0 Å². The van der Waals surface area contributed by atoms with Crippen molar-refractivity contribution in [1.29, 1.82) is 0 Å². The number of hydrazine groups is 1. The average molecular weight is 491 g/mol. The Morgan fingerprint density at radius 1 is 1.07 bits per heavy atom. The zero-order valence-corrected chi connectivity index (χ0v) is 18.0. The lowest BCUT2D eigenvalue weighted by molar-refractivity contribution is -0.117. The molecule has 146 valence electrons. The smallest absolute Gasteiger partial charge is 0.282 e. The van der Waals surface area contributed by atoms with E-state index in [4.69, 9.17) is 4.74 Å². The minimum absolute atomic E-state index is 0.109. The van der Waals surface area contributed by atoms with E-state index in [-0.39, 0.29) is 11.5 Å². The lowest BCUT2D eigenvalue weighted by Gasteiger charge is -2.14. The molecule has 0 spiro atoms. The summed E-state index contributed by atoms with van der Waals surface area (Å²) in [5, 5.41) is 1.27. The molecule has 1 N–H and O–H groups in total. The van der Waals surface area contributed by atoms with Gasteiger partial charge >= 0.3 is 0 Å². The number of amides is 2. The highest BCUT2D eigenvalue weighted by Gasteiger charge is 2.34. The zero-order chi connectivity index (χ0) is 20.1. The van der Waals surface area contributed by atoms with Crippen molar-refractivity contribution in [2.75, 3.05) is 32.3 Å². The highest BCUT2D eigenvalue weighted by Crippen LogP contribution is 2.23. The summed E-state index contributed by atoms with van der Waals surface area (Å²) >= 11 is 2.19. The molecule has 0 aromatic heterocycles. The number of rotatable bonds is 7. The average Bonchev–Trinajstić information content (AvgIpc) is 2.95. The Morgan fingerprint density at radius 2 is 1.75 bits per heavy atom. The highest BCUT2D eigenvalue weighted by molar-refractivity contribution is 14.1. The molecule has 3 rings (SSSR count). The van der Waals surface area contributed by atoms with Crippen molar-refractivity contribution < 1.29 is 14.3 Å². The van der Waals surface area contributed by atoms with E-state index < -0.39 is 5.91 Å². The quantitative estimate of drug-likeness (QED) is 0.280. The second-order valence-corrected chi connectivity index (χ2v) is 7.94. The first-order valence-electron chi connectivity index (χ1n) is 8.94. The normalized spacial score (nSPS) is 15.4. The molecule has 1 saturated heterocycles. The van der Waals surface area contributed by atoms with Crippen molar-refractivity contribution in [1.82, 2.24) is 10.3 Å². The number of carbonyl (C=O) groups is 2. The Balaban J connectivity index is 1.66. The Kier molecular flexibility index (Phi) is 6.69. The lowest BCUT2D eigenvalue weighted by atomic mass is 10.1. The minimum atomic E-state index is -0.410. The topological polar surface area (TPSA) is 61.9 Å². The van der Waals surface area contributed by atoms with Gasteiger partial charge in [-0.15, -0.1) is 0 Å². The Hall–Kier alpha value is -2.39. The van der Waals surface area contributed by atoms with Crippen LogP contribution in [0.15, 0.2) is 54.1 Å². The molecule has 7 heteroatoms. The molecule has 0 unspecified atom stereocenters. The molecule has 1 aliphatic heterocycles. The van der Waals surface area contributed by atoms with E-state index in [2.05, 4.69) is 32.9 Å². The van der Waals surface area contributed by atoms with Crippen molar-refractivity contribution >= 4 is 46.2 Å². The van der Waals surface area contributed by atoms with Crippen LogP contribution in [0.4, 0.5) is 5.69 Å². The molecule has 0 bridgehead atoms. The monoisotopic (exact) mass is 491 g/mol. The first kappa shape index (κ1) is 20.3. The van der Waals surface area contributed by atoms with Gasteiger partial charge in [-0.3, -0.25) is 15.0 Å². The summed E-state index contributed by atoms with van der Waals surface area (Å²) in [5.41, 5.74) is 4.12. The van der Waals surface area contributed by atoms with Crippen LogP contribution in [0.5, 0.6) is 5.75 Å². The predicted octanol–water partition coefficient (Wildman–Crippen LogP) is 3.08. The second-order valence-electron chi connectivity index (χ2n) is 6.69. The molecule has 0 aliphatic carbocycles. The van der Waals surface area contributed by atoms with Crippen molar-refractivity contribution in [2.45, 2.75) is 6.42 Å². The summed E-state index contributed by atoms with van der Waals surface area (Å²) in [6.45, 7) is 1.61. The highest BCUT2D eigenvalue weighted by atomic mass is 127. The van der Waals surface area contributed by atoms with Crippen LogP contribution in [0.2, 0.25) is 0 Å². The van der Waals surface area contributed by atoms with Crippen LogP contribution >= 0.6 is 22.6 Å². The fourth-order valence-electron chi connectivity index (χ4n) is 2.73. The van der Waals surface area contributed by atoms with Gasteiger partial charge in [0.1, 0.15) is 11.3 Å². The second kappa shape index (κ2) is 9.20. The van der Waals surface area contributed by atoms with Crippen LogP contribution < -0.4 is 15.2 Å². The van der Waals surface area contributed by atoms with E-state index in [9.17, 15) is 9.59 Å². The molecule has 1 aliphatic rings. The molecule has 1 fully saturated rings. The summed E-state index contributed by atoms with van der Waals surface area (Å²) in [5.74, 6) is -0.00796. The number of ether oxygens (including phenoxy) is 1. The number of benzene rings is 2. The van der Waals surface area contributed by atoms with Gasteiger partial charge in [-0.25, -0.2) is 5.01 Å². The maximum Gasteiger partial charge on any atom is 0.282 e. The maximum atomic E-state index is 12.6. The van der Waals surface area contributed by atoms with E-state index >= 15 is 0 Å². The first-order chi connectivity index (χ1) is 13.4. The number of nitrogens with zero attached hydrogens (tertiary/aromatic N) is 2. The Bertz CT molecular complexity index is 877. The maximum absolute atomic E-state index is 12.6. The standard InChI is InChI=1S/C21H22IN3O3/c1-24(2)12-3-13-28-18-10-4-15(5-11-18)14-19-20(26)23-25(21(19)27)17-8-6-16(22)7-9-17/h4-11,14H,3,12-13H2,1-2H3,(H,23,26). The summed E-state index contributed by atoms with van der Waals surface area (Å²) < 4.78 is 6.76. The minimum Gasteiger partial charge on any atom is -0.494 e. The number of carbonyl (C=O) groups excluding carboxylic acids is 2. The van der Waals surface area contributed by atoms with Crippen molar-refractivity contribution in [3.05, 3.63) is 63.2 Å². The Labute approximate surface area is 178 Å². The summed E-state index contributed by atoms with van der Waals surface area (Å²) in [4.78, 5) is 27.0. The number of halogens is 1. The number of nitrogens with one attached hydrogen (secondary N) is 1. The number of hydrogen-bond donors (Lipinski definition) is 1. The van der Waals surface area contributed by atoms with Crippen molar-refractivity contribution in [2.24, 2.45) is 0 Å². The molecule has 6 nitrogen and oxygen atoms in total. The van der Waals surface area contributed by atoms with Gasteiger partial charge in [0.25, 0.3) is 11.8 Å². The van der Waals surface area contributed by atoms with Gasteiger partial charge in [-0.1, -0.05) is 12.1 Å². The molecule has 2 aromatic rings. The predicted molar refractivity (Wildman–Crippen MR) is 118 cm³/mol. The third-order valence-electron chi connectivity index (χ3n) is 4.19. The SMILES string of the molecule is CN(C)CCCOc1ccc(C=C2C(=O)NN(c3ccc(I)cc3)C2=O)cc1. The molecule has 2 aromatic carbocycles. The van der Waals surface area contributed by atoms with E-state index in [0.29, 0.717) is 12.3 Å². The molecular formula is C21H22IN3O3. The van der Waals surface area contributed by atoms with Gasteiger partial charge in [0.05, 0.1) is 12.3 Å². The summed E-state index contributed by atoms with van der Waals surface area (Å²) in [6, 6.07) is 14.7. The molecule has 2 amide bonds. The largest absolute Gasteiger partial charge is 0.494 e. The first-order valence-corrected chi connectivity index (χ1v) is 10.0. The van der Waals surface area contributed by atoms with Crippen LogP contribution in [-0.4, -0.2) is 44.0 Å². The lowest BCUT2D eigenvalue weighted by Crippen LogP contribution is -2.35. The van der Waals surface area contributed by atoms with Crippen LogP contribution in [-0.2, 0) is 9.59 Å². The van der Waals surface area contributed by atoms with Gasteiger partial charge in [0.15, 0.2) is 0 Å². The van der Waals surface area contributed by atoms with Crippen LogP contribution in [0.25, 0.3) is 6.08 Å². The summed E-state index contributed by atoms with van der Waals surface area (Å²) in [7, 11) is 4.06. The van der Waals surface area contributed by atoms with Gasteiger partial charge in [-0.2, -0.15) is 0 Å². The Morgan fingerprint density at radius 3 is 2.39 bits per heavy atom. The fraction of sp³-hybridized carbons (Fsp3) is 0.238. The van der Waals surface area contributed by atoms with Crippen LogP contribution in [0, 0.1) is 3.57 Å². The third-order valence-corrected chi connectivity index (χ3v) is 4.90. The van der Waals surface area contributed by atoms with Gasteiger partial charge < -0.3 is 9.64 Å². The number of hydrogen-bond acceptors (Lipinski definition) is 4. The van der Waals surface area contributed by atoms with Crippen molar-refractivity contribution in [3.63, 3.8) is 0 Å². The fourth-order valence-corrected chi connectivity index (χ4v) is 3.09. The number of anilines is 1. The van der Waals surface area contributed by atoms with Gasteiger partial charge in [0.2, 0.25) is 0 Å². The molecule has 28 heavy (non-hydrogen) atoms. The van der Waals surface area contributed by atoms with Gasteiger partial charge in [-0.05, 0) is 91.1 Å². The molecular weight excluding hydrogens is 469 g/mol. The molecule has 0 atom stereocenters. The molecule has 1 heterocycles. The van der Waals surface area contributed by atoms with E-state index in [1.54, 1.807) is 18.2 Å². The molecule has 0 saturated carbocycles. The summed E-state index contributed by atoms with van der Waals surface area (Å²) in [6.07, 6.45) is 2.54. The molecule has 0 radical (unpaired) electrons. The van der Waals surface area contributed by atoms with Crippen molar-refractivity contribution in [3.8, 4) is 5.75 Å². The third kappa shape index (κ3) is 5.11. The zero-order valence-electron chi connectivity index (χ0n) is 15.8.